The van der Waals surface area contributed by atoms with E-state index in [0.29, 0.717) is 19.5 Å². The van der Waals surface area contributed by atoms with Crippen LogP contribution in [0.15, 0.2) is 28.8 Å². The second-order valence-corrected chi connectivity index (χ2v) is 6.33. The standard InChI is InChI=1S/C19H24N2O4/c1-13-16(14(2)25-20-13)12-19(22)21-10-8-15(9-11-21)24-18-7-5-4-6-17(18)23-3/h4-7,15H,8-12H2,1-3H3. The molecule has 1 saturated heterocycles. The van der Waals surface area contributed by atoms with Gasteiger partial charge in [-0.1, -0.05) is 17.3 Å². The van der Waals surface area contributed by atoms with Gasteiger partial charge in [0.2, 0.25) is 5.91 Å². The van der Waals surface area contributed by atoms with E-state index in [-0.39, 0.29) is 12.0 Å². The molecule has 1 aromatic heterocycles. The number of ether oxygens (including phenoxy) is 2. The lowest BCUT2D eigenvalue weighted by molar-refractivity contribution is -0.132. The molecule has 0 unspecified atom stereocenters. The van der Waals surface area contributed by atoms with E-state index < -0.39 is 0 Å². The molecule has 134 valence electrons. The second kappa shape index (κ2) is 7.59. The molecular weight excluding hydrogens is 320 g/mol. The van der Waals surface area contributed by atoms with Gasteiger partial charge in [-0.25, -0.2) is 0 Å². The highest BCUT2D eigenvalue weighted by Gasteiger charge is 2.26. The van der Waals surface area contributed by atoms with Gasteiger partial charge in [0.15, 0.2) is 11.5 Å². The molecule has 0 saturated carbocycles. The Balaban J connectivity index is 1.54. The summed E-state index contributed by atoms with van der Waals surface area (Å²) in [6, 6.07) is 7.65. The zero-order valence-corrected chi connectivity index (χ0v) is 14.9. The van der Waals surface area contributed by atoms with Crippen LogP contribution >= 0.6 is 0 Å². The molecule has 6 heteroatoms. The van der Waals surface area contributed by atoms with E-state index in [1.165, 1.54) is 0 Å². The van der Waals surface area contributed by atoms with Gasteiger partial charge in [-0.05, 0) is 26.0 Å². The van der Waals surface area contributed by atoms with E-state index in [4.69, 9.17) is 14.0 Å². The number of likely N-dealkylation sites (tertiary alicyclic amines) is 1. The maximum atomic E-state index is 12.5. The third kappa shape index (κ3) is 3.95. The number of aromatic nitrogens is 1. The molecule has 1 aromatic carbocycles. The number of hydrogen-bond donors (Lipinski definition) is 0. The Hall–Kier alpha value is -2.50. The Kier molecular flexibility index (Phi) is 5.26. The van der Waals surface area contributed by atoms with Crippen molar-refractivity contribution < 1.29 is 18.8 Å². The first-order valence-corrected chi connectivity index (χ1v) is 8.57. The van der Waals surface area contributed by atoms with Crippen LogP contribution in [0, 0.1) is 13.8 Å². The van der Waals surface area contributed by atoms with Gasteiger partial charge in [0, 0.05) is 31.5 Å². The van der Waals surface area contributed by atoms with Gasteiger partial charge >= 0.3 is 0 Å². The van der Waals surface area contributed by atoms with E-state index in [9.17, 15) is 4.79 Å². The van der Waals surface area contributed by atoms with Crippen LogP contribution in [-0.4, -0.2) is 42.3 Å². The first-order chi connectivity index (χ1) is 12.1. The predicted molar refractivity (Wildman–Crippen MR) is 92.9 cm³/mol. The molecule has 1 fully saturated rings. The largest absolute Gasteiger partial charge is 0.493 e. The molecule has 25 heavy (non-hydrogen) atoms. The smallest absolute Gasteiger partial charge is 0.227 e. The lowest BCUT2D eigenvalue weighted by Gasteiger charge is -2.32. The van der Waals surface area contributed by atoms with Crippen LogP contribution in [0.5, 0.6) is 11.5 Å². The maximum Gasteiger partial charge on any atom is 0.227 e. The van der Waals surface area contributed by atoms with Crippen molar-refractivity contribution in [3.8, 4) is 11.5 Å². The molecule has 1 aliphatic rings. The highest BCUT2D eigenvalue weighted by Crippen LogP contribution is 2.29. The van der Waals surface area contributed by atoms with Crippen molar-refractivity contribution >= 4 is 5.91 Å². The molecule has 1 aliphatic heterocycles. The van der Waals surface area contributed by atoms with Gasteiger partial charge < -0.3 is 18.9 Å². The SMILES string of the molecule is COc1ccccc1OC1CCN(C(=O)Cc2c(C)noc2C)CC1. The Bertz CT molecular complexity index is 713. The molecule has 0 atom stereocenters. The number of rotatable bonds is 5. The Morgan fingerprint density at radius 2 is 1.92 bits per heavy atom. The van der Waals surface area contributed by atoms with Crippen molar-refractivity contribution in [1.29, 1.82) is 0 Å². The number of carbonyl (C=O) groups excluding carboxylic acids is 1. The summed E-state index contributed by atoms with van der Waals surface area (Å²) in [7, 11) is 1.64. The molecule has 1 amide bonds. The average Bonchev–Trinajstić information content (AvgIpc) is 2.94. The quantitative estimate of drug-likeness (QED) is 0.834. The Morgan fingerprint density at radius 3 is 2.52 bits per heavy atom. The van der Waals surface area contributed by atoms with E-state index in [1.807, 2.05) is 43.0 Å². The normalized spacial score (nSPS) is 15.2. The number of benzene rings is 1. The summed E-state index contributed by atoms with van der Waals surface area (Å²) in [6.07, 6.45) is 2.06. The highest BCUT2D eigenvalue weighted by molar-refractivity contribution is 5.79. The maximum absolute atomic E-state index is 12.5. The van der Waals surface area contributed by atoms with Crippen LogP contribution in [0.2, 0.25) is 0 Å². The van der Waals surface area contributed by atoms with Crippen LogP contribution < -0.4 is 9.47 Å². The van der Waals surface area contributed by atoms with Crippen molar-refractivity contribution in [3.63, 3.8) is 0 Å². The second-order valence-electron chi connectivity index (χ2n) is 6.33. The molecule has 3 rings (SSSR count). The molecule has 0 N–H and O–H groups in total. The Labute approximate surface area is 147 Å². The number of aryl methyl sites for hydroxylation is 2. The van der Waals surface area contributed by atoms with E-state index in [2.05, 4.69) is 5.16 Å². The number of nitrogens with zero attached hydrogens (tertiary/aromatic N) is 2. The summed E-state index contributed by atoms with van der Waals surface area (Å²) in [5, 5.41) is 3.91. The van der Waals surface area contributed by atoms with Gasteiger partial charge in [-0.15, -0.1) is 0 Å². The third-order valence-corrected chi connectivity index (χ3v) is 4.67. The lowest BCUT2D eigenvalue weighted by Crippen LogP contribution is -2.42. The molecule has 6 nitrogen and oxygen atoms in total. The molecule has 2 heterocycles. The minimum Gasteiger partial charge on any atom is -0.493 e. The lowest BCUT2D eigenvalue weighted by atomic mass is 10.1. The summed E-state index contributed by atoms with van der Waals surface area (Å²) in [5.74, 6) is 2.33. The topological polar surface area (TPSA) is 64.8 Å². The minimum absolute atomic E-state index is 0.0967. The molecule has 0 bridgehead atoms. The van der Waals surface area contributed by atoms with Crippen LogP contribution in [0.4, 0.5) is 0 Å². The minimum atomic E-state index is 0.0967. The Morgan fingerprint density at radius 1 is 1.24 bits per heavy atom. The molecular formula is C19H24N2O4. The van der Waals surface area contributed by atoms with Crippen LogP contribution in [0.25, 0.3) is 0 Å². The van der Waals surface area contributed by atoms with Crippen LogP contribution in [-0.2, 0) is 11.2 Å². The van der Waals surface area contributed by atoms with Crippen molar-refractivity contribution in [1.82, 2.24) is 10.1 Å². The summed E-state index contributed by atoms with van der Waals surface area (Å²) in [4.78, 5) is 14.4. The zero-order valence-electron chi connectivity index (χ0n) is 14.9. The van der Waals surface area contributed by atoms with Crippen LogP contribution in [0.3, 0.4) is 0 Å². The number of hydrogen-bond acceptors (Lipinski definition) is 5. The number of para-hydroxylation sites is 2. The number of methoxy groups -OCH3 is 1. The van der Waals surface area contributed by atoms with E-state index in [0.717, 1.165) is 41.4 Å². The van der Waals surface area contributed by atoms with Gasteiger partial charge in [-0.3, -0.25) is 4.79 Å². The first-order valence-electron chi connectivity index (χ1n) is 8.57. The van der Waals surface area contributed by atoms with E-state index >= 15 is 0 Å². The molecule has 2 aromatic rings. The van der Waals surface area contributed by atoms with Gasteiger partial charge in [0.25, 0.3) is 0 Å². The zero-order chi connectivity index (χ0) is 17.8. The summed E-state index contributed by atoms with van der Waals surface area (Å²) < 4.78 is 16.5. The number of carbonyl (C=O) groups is 1. The first kappa shape index (κ1) is 17.3. The van der Waals surface area contributed by atoms with Crippen molar-refractivity contribution in [3.05, 3.63) is 41.3 Å². The van der Waals surface area contributed by atoms with Crippen molar-refractivity contribution in [2.75, 3.05) is 20.2 Å². The molecule has 0 aliphatic carbocycles. The van der Waals surface area contributed by atoms with Gasteiger partial charge in [-0.2, -0.15) is 0 Å². The van der Waals surface area contributed by atoms with Crippen LogP contribution in [0.1, 0.15) is 29.9 Å². The fourth-order valence-electron chi connectivity index (χ4n) is 3.14. The number of piperidine rings is 1. The average molecular weight is 344 g/mol. The monoisotopic (exact) mass is 344 g/mol. The van der Waals surface area contributed by atoms with E-state index in [1.54, 1.807) is 7.11 Å². The molecule has 0 spiro atoms. The van der Waals surface area contributed by atoms with Crippen molar-refractivity contribution in [2.24, 2.45) is 0 Å². The molecule has 0 radical (unpaired) electrons. The summed E-state index contributed by atoms with van der Waals surface area (Å²) >= 11 is 0. The third-order valence-electron chi connectivity index (χ3n) is 4.67. The van der Waals surface area contributed by atoms with Gasteiger partial charge in [0.05, 0.1) is 19.2 Å². The number of amides is 1. The summed E-state index contributed by atoms with van der Waals surface area (Å²) in [6.45, 7) is 5.10. The fraction of sp³-hybridized carbons (Fsp3) is 0.474. The highest BCUT2D eigenvalue weighted by atomic mass is 16.5. The predicted octanol–water partition coefficient (Wildman–Crippen LogP) is 2.91. The summed E-state index contributed by atoms with van der Waals surface area (Å²) in [5.41, 5.74) is 1.69. The fourth-order valence-corrected chi connectivity index (χ4v) is 3.14. The van der Waals surface area contributed by atoms with Crippen molar-refractivity contribution in [2.45, 2.75) is 39.2 Å². The van der Waals surface area contributed by atoms with Gasteiger partial charge in [0.1, 0.15) is 11.9 Å².